The lowest BCUT2D eigenvalue weighted by molar-refractivity contribution is -0.133. The Bertz CT molecular complexity index is 427. The summed E-state index contributed by atoms with van der Waals surface area (Å²) in [6.45, 7) is 11.5. The average Bonchev–Trinajstić information content (AvgIpc) is 2.54. The van der Waals surface area contributed by atoms with Crippen LogP contribution in [-0.2, 0) is 11.3 Å². The van der Waals surface area contributed by atoms with Crippen molar-refractivity contribution in [3.8, 4) is 0 Å². The Morgan fingerprint density at radius 3 is 2.24 bits per heavy atom. The monoisotopic (exact) mass is 289 g/mol. The predicted molar refractivity (Wildman–Crippen MR) is 86.1 cm³/mol. The third kappa shape index (κ3) is 4.83. The van der Waals surface area contributed by atoms with Gasteiger partial charge in [0, 0.05) is 39.3 Å². The highest BCUT2D eigenvalue weighted by atomic mass is 16.2. The van der Waals surface area contributed by atoms with Crippen molar-refractivity contribution in [1.82, 2.24) is 14.7 Å². The first-order valence-corrected chi connectivity index (χ1v) is 7.99. The van der Waals surface area contributed by atoms with Crippen molar-refractivity contribution in [2.45, 2.75) is 20.4 Å². The molecule has 0 unspecified atom stereocenters. The summed E-state index contributed by atoms with van der Waals surface area (Å²) in [6.07, 6.45) is 0. The van der Waals surface area contributed by atoms with Gasteiger partial charge in [-0.2, -0.15) is 0 Å². The second-order valence-electron chi connectivity index (χ2n) is 5.60. The number of carbonyl (C=O) groups excluding carboxylic acids is 1. The van der Waals surface area contributed by atoms with Gasteiger partial charge in [-0.3, -0.25) is 9.69 Å². The molecule has 1 amide bonds. The maximum Gasteiger partial charge on any atom is 0.237 e. The maximum atomic E-state index is 12.5. The lowest BCUT2D eigenvalue weighted by atomic mass is 10.2. The van der Waals surface area contributed by atoms with Crippen LogP contribution in [0.2, 0.25) is 0 Å². The van der Waals surface area contributed by atoms with Gasteiger partial charge in [0.15, 0.2) is 0 Å². The van der Waals surface area contributed by atoms with Crippen molar-refractivity contribution in [2.75, 3.05) is 45.8 Å². The molecule has 0 aromatic heterocycles. The molecule has 1 aliphatic heterocycles. The minimum Gasteiger partial charge on any atom is -0.338 e. The fraction of sp³-hybridized carbons (Fsp3) is 0.588. The Kier molecular flexibility index (Phi) is 6.21. The number of likely N-dealkylation sites (N-methyl/N-ethyl adjacent to an activating group) is 2. The summed E-state index contributed by atoms with van der Waals surface area (Å²) >= 11 is 0. The summed E-state index contributed by atoms with van der Waals surface area (Å²) in [5, 5.41) is 0. The van der Waals surface area contributed by atoms with E-state index in [4.69, 9.17) is 0 Å². The zero-order valence-corrected chi connectivity index (χ0v) is 13.3. The first-order valence-electron chi connectivity index (χ1n) is 7.99. The molecule has 1 aromatic rings. The van der Waals surface area contributed by atoms with Crippen LogP contribution < -0.4 is 0 Å². The number of hydrogen-bond acceptors (Lipinski definition) is 3. The number of rotatable bonds is 6. The predicted octanol–water partition coefficient (Wildman–Crippen LogP) is 1.67. The summed E-state index contributed by atoms with van der Waals surface area (Å²) in [6, 6.07) is 10.2. The SMILES string of the molecule is CCN1CCN(CC(=O)N(CC)Cc2ccccc2)CC1. The molecule has 1 fully saturated rings. The van der Waals surface area contributed by atoms with Crippen LogP contribution in [0.4, 0.5) is 0 Å². The van der Waals surface area contributed by atoms with Crippen LogP contribution in [0.15, 0.2) is 30.3 Å². The largest absolute Gasteiger partial charge is 0.338 e. The Morgan fingerprint density at radius 1 is 1.05 bits per heavy atom. The van der Waals surface area contributed by atoms with E-state index in [-0.39, 0.29) is 5.91 Å². The van der Waals surface area contributed by atoms with Gasteiger partial charge in [0.25, 0.3) is 0 Å². The number of amides is 1. The lowest BCUT2D eigenvalue weighted by Gasteiger charge is -2.34. The van der Waals surface area contributed by atoms with E-state index in [0.29, 0.717) is 13.1 Å². The Balaban J connectivity index is 1.83. The van der Waals surface area contributed by atoms with Crippen molar-refractivity contribution in [1.29, 1.82) is 0 Å². The number of hydrogen-bond donors (Lipinski definition) is 0. The van der Waals surface area contributed by atoms with Gasteiger partial charge >= 0.3 is 0 Å². The highest BCUT2D eigenvalue weighted by Crippen LogP contribution is 2.07. The highest BCUT2D eigenvalue weighted by molar-refractivity contribution is 5.78. The number of piperazine rings is 1. The van der Waals surface area contributed by atoms with E-state index in [1.54, 1.807) is 0 Å². The standard InChI is InChI=1S/C17H27N3O/c1-3-18-10-12-19(13-11-18)15-17(21)20(4-2)14-16-8-6-5-7-9-16/h5-9H,3-4,10-15H2,1-2H3. The molecule has 116 valence electrons. The molecule has 1 aliphatic rings. The smallest absolute Gasteiger partial charge is 0.237 e. The first-order chi connectivity index (χ1) is 10.2. The van der Waals surface area contributed by atoms with Gasteiger partial charge in [-0.05, 0) is 19.0 Å². The average molecular weight is 289 g/mol. The topological polar surface area (TPSA) is 26.8 Å². The van der Waals surface area contributed by atoms with Crippen LogP contribution in [0.1, 0.15) is 19.4 Å². The van der Waals surface area contributed by atoms with Crippen molar-refractivity contribution in [2.24, 2.45) is 0 Å². The van der Waals surface area contributed by atoms with Gasteiger partial charge in [-0.15, -0.1) is 0 Å². The Hall–Kier alpha value is -1.39. The van der Waals surface area contributed by atoms with Crippen LogP contribution in [-0.4, -0.2) is 66.4 Å². The molecule has 0 bridgehead atoms. The normalized spacial score (nSPS) is 16.9. The fourth-order valence-corrected chi connectivity index (χ4v) is 2.74. The molecule has 0 aliphatic carbocycles. The van der Waals surface area contributed by atoms with Gasteiger partial charge in [0.05, 0.1) is 6.54 Å². The lowest BCUT2D eigenvalue weighted by Crippen LogP contribution is -2.49. The second kappa shape index (κ2) is 8.15. The number of nitrogens with zero attached hydrogens (tertiary/aromatic N) is 3. The van der Waals surface area contributed by atoms with E-state index < -0.39 is 0 Å². The van der Waals surface area contributed by atoms with Gasteiger partial charge < -0.3 is 9.80 Å². The van der Waals surface area contributed by atoms with Gasteiger partial charge in [-0.25, -0.2) is 0 Å². The van der Waals surface area contributed by atoms with Gasteiger partial charge in [0.1, 0.15) is 0 Å². The van der Waals surface area contributed by atoms with E-state index in [1.807, 2.05) is 23.1 Å². The van der Waals surface area contributed by atoms with E-state index in [1.165, 1.54) is 5.56 Å². The van der Waals surface area contributed by atoms with E-state index in [2.05, 4.69) is 35.8 Å². The van der Waals surface area contributed by atoms with E-state index in [0.717, 1.165) is 39.3 Å². The molecule has 0 atom stereocenters. The van der Waals surface area contributed by atoms with Gasteiger partial charge in [-0.1, -0.05) is 37.3 Å². The Morgan fingerprint density at radius 2 is 1.67 bits per heavy atom. The molecule has 21 heavy (non-hydrogen) atoms. The number of benzene rings is 1. The summed E-state index contributed by atoms with van der Waals surface area (Å²) in [5.74, 6) is 0.242. The molecular weight excluding hydrogens is 262 g/mol. The Labute approximate surface area is 128 Å². The summed E-state index contributed by atoms with van der Waals surface area (Å²) in [4.78, 5) is 19.1. The minimum absolute atomic E-state index is 0.242. The first kappa shape index (κ1) is 16.0. The number of carbonyl (C=O) groups is 1. The van der Waals surface area contributed by atoms with Crippen molar-refractivity contribution in [3.05, 3.63) is 35.9 Å². The second-order valence-corrected chi connectivity index (χ2v) is 5.60. The maximum absolute atomic E-state index is 12.5. The van der Waals surface area contributed by atoms with E-state index >= 15 is 0 Å². The molecule has 0 spiro atoms. The van der Waals surface area contributed by atoms with Crippen LogP contribution in [0.5, 0.6) is 0 Å². The third-order valence-electron chi connectivity index (χ3n) is 4.22. The quantitative estimate of drug-likeness (QED) is 0.797. The molecule has 0 radical (unpaired) electrons. The molecule has 1 saturated heterocycles. The summed E-state index contributed by atoms with van der Waals surface area (Å²) in [7, 11) is 0. The molecule has 1 heterocycles. The fourth-order valence-electron chi connectivity index (χ4n) is 2.74. The molecule has 0 N–H and O–H groups in total. The van der Waals surface area contributed by atoms with Crippen molar-refractivity contribution in [3.63, 3.8) is 0 Å². The van der Waals surface area contributed by atoms with Crippen LogP contribution in [0, 0.1) is 0 Å². The summed E-state index contributed by atoms with van der Waals surface area (Å²) in [5.41, 5.74) is 1.20. The molecule has 4 heteroatoms. The van der Waals surface area contributed by atoms with E-state index in [9.17, 15) is 4.79 Å². The van der Waals surface area contributed by atoms with Crippen molar-refractivity contribution >= 4 is 5.91 Å². The zero-order valence-electron chi connectivity index (χ0n) is 13.3. The molecule has 2 rings (SSSR count). The zero-order chi connectivity index (χ0) is 15.1. The van der Waals surface area contributed by atoms with Crippen molar-refractivity contribution < 1.29 is 4.79 Å². The molecular formula is C17H27N3O. The van der Waals surface area contributed by atoms with Crippen LogP contribution in [0.25, 0.3) is 0 Å². The van der Waals surface area contributed by atoms with Gasteiger partial charge in [0.2, 0.25) is 5.91 Å². The minimum atomic E-state index is 0.242. The molecule has 0 saturated carbocycles. The van der Waals surface area contributed by atoms with Crippen LogP contribution >= 0.6 is 0 Å². The van der Waals surface area contributed by atoms with Crippen LogP contribution in [0.3, 0.4) is 0 Å². The summed E-state index contributed by atoms with van der Waals surface area (Å²) < 4.78 is 0. The molecule has 4 nitrogen and oxygen atoms in total. The highest BCUT2D eigenvalue weighted by Gasteiger charge is 2.20. The molecule has 1 aromatic carbocycles. The third-order valence-corrected chi connectivity index (χ3v) is 4.22.